The molecule has 0 bridgehead atoms. The van der Waals surface area contributed by atoms with Crippen molar-refractivity contribution in [2.75, 3.05) is 13.7 Å². The summed E-state index contributed by atoms with van der Waals surface area (Å²) in [5, 5.41) is 2.35. The minimum Gasteiger partial charge on any atom is -0.465 e. The van der Waals surface area contributed by atoms with Gasteiger partial charge in [0.1, 0.15) is 19.0 Å². The summed E-state index contributed by atoms with van der Waals surface area (Å²) in [6.45, 7) is -0.342. The molecule has 0 aliphatic carbocycles. The van der Waals surface area contributed by atoms with Gasteiger partial charge >= 0.3 is 11.9 Å². The Kier molecular flexibility index (Phi) is 6.22. The molecular weight excluding hydrogens is 329 g/mol. The van der Waals surface area contributed by atoms with Crippen LogP contribution in [0.25, 0.3) is 0 Å². The zero-order valence-corrected chi connectivity index (χ0v) is 13.5. The summed E-state index contributed by atoms with van der Waals surface area (Å²) in [6.07, 6.45) is 0. The van der Waals surface area contributed by atoms with Crippen LogP contribution in [-0.4, -0.2) is 31.5 Å². The van der Waals surface area contributed by atoms with Crippen LogP contribution in [0.2, 0.25) is 0 Å². The van der Waals surface area contributed by atoms with E-state index >= 15 is 0 Å². The lowest BCUT2D eigenvalue weighted by atomic mass is 10.1. The summed E-state index contributed by atoms with van der Waals surface area (Å²) in [5.41, 5.74) is 1.18. The van der Waals surface area contributed by atoms with E-state index in [1.807, 2.05) is 0 Å². The Morgan fingerprint density at radius 1 is 1.04 bits per heavy atom. The molecule has 0 atom stereocenters. The zero-order chi connectivity index (χ0) is 18.2. The van der Waals surface area contributed by atoms with Crippen molar-refractivity contribution in [2.24, 2.45) is 0 Å². The molecule has 130 valence electrons. The maximum absolute atomic E-state index is 13.0. The lowest BCUT2D eigenvalue weighted by molar-refractivity contribution is -0.143. The van der Waals surface area contributed by atoms with E-state index in [0.29, 0.717) is 11.1 Å². The molecular formula is C18H16FNO5. The third-order valence-electron chi connectivity index (χ3n) is 3.25. The number of benzene rings is 2. The highest BCUT2D eigenvalue weighted by atomic mass is 19.1. The first-order valence-electron chi connectivity index (χ1n) is 7.36. The number of carbonyl (C=O) groups excluding carboxylic acids is 3. The second-order valence-electron chi connectivity index (χ2n) is 5.04. The molecule has 0 radical (unpaired) electrons. The highest BCUT2D eigenvalue weighted by molar-refractivity contribution is 5.95. The molecule has 1 N–H and O–H groups in total. The van der Waals surface area contributed by atoms with Gasteiger partial charge in [0.25, 0.3) is 5.91 Å². The largest absolute Gasteiger partial charge is 0.465 e. The SMILES string of the molecule is COC(=O)c1ccc(COC(=O)CNC(=O)c2cccc(F)c2)cc1. The van der Waals surface area contributed by atoms with Crippen molar-refractivity contribution in [3.05, 3.63) is 71.0 Å². The Morgan fingerprint density at radius 2 is 1.76 bits per heavy atom. The summed E-state index contributed by atoms with van der Waals surface area (Å²) >= 11 is 0. The van der Waals surface area contributed by atoms with Crippen LogP contribution in [0.1, 0.15) is 26.3 Å². The average molecular weight is 345 g/mol. The van der Waals surface area contributed by atoms with Gasteiger partial charge in [0.15, 0.2) is 0 Å². The fourth-order valence-electron chi connectivity index (χ4n) is 1.95. The quantitative estimate of drug-likeness (QED) is 0.811. The summed E-state index contributed by atoms with van der Waals surface area (Å²) in [5.74, 6) is -2.20. The average Bonchev–Trinajstić information content (AvgIpc) is 2.64. The second kappa shape index (κ2) is 8.58. The summed E-state index contributed by atoms with van der Waals surface area (Å²) in [6, 6.07) is 11.5. The van der Waals surface area contributed by atoms with Crippen LogP contribution in [0.15, 0.2) is 48.5 Å². The molecule has 0 aliphatic heterocycles. The van der Waals surface area contributed by atoms with E-state index in [1.54, 1.807) is 24.3 Å². The molecule has 0 saturated carbocycles. The third kappa shape index (κ3) is 5.42. The van der Waals surface area contributed by atoms with Gasteiger partial charge < -0.3 is 14.8 Å². The summed E-state index contributed by atoms with van der Waals surface area (Å²) in [4.78, 5) is 34.7. The van der Waals surface area contributed by atoms with Gasteiger partial charge in [-0.2, -0.15) is 0 Å². The Hall–Kier alpha value is -3.22. The molecule has 0 aliphatic rings. The zero-order valence-electron chi connectivity index (χ0n) is 13.5. The minimum atomic E-state index is -0.637. The van der Waals surface area contributed by atoms with Gasteiger partial charge in [-0.25, -0.2) is 9.18 Å². The van der Waals surface area contributed by atoms with Gasteiger partial charge in [0.2, 0.25) is 0 Å². The summed E-state index contributed by atoms with van der Waals surface area (Å²) in [7, 11) is 1.29. The van der Waals surface area contributed by atoms with Crippen LogP contribution in [0, 0.1) is 5.82 Å². The first-order chi connectivity index (χ1) is 12.0. The van der Waals surface area contributed by atoms with Crippen molar-refractivity contribution in [3.63, 3.8) is 0 Å². The highest BCUT2D eigenvalue weighted by Gasteiger charge is 2.10. The lowest BCUT2D eigenvalue weighted by Crippen LogP contribution is -2.30. The Bertz CT molecular complexity index is 773. The summed E-state index contributed by atoms with van der Waals surface area (Å²) < 4.78 is 22.6. The van der Waals surface area contributed by atoms with Crippen LogP contribution in [0.3, 0.4) is 0 Å². The van der Waals surface area contributed by atoms with Gasteiger partial charge in [-0.15, -0.1) is 0 Å². The van der Waals surface area contributed by atoms with Crippen molar-refractivity contribution in [3.8, 4) is 0 Å². The number of hydrogen-bond donors (Lipinski definition) is 1. The van der Waals surface area contributed by atoms with E-state index < -0.39 is 23.7 Å². The number of hydrogen-bond acceptors (Lipinski definition) is 5. The third-order valence-corrected chi connectivity index (χ3v) is 3.25. The molecule has 0 spiro atoms. The molecule has 0 fully saturated rings. The fourth-order valence-corrected chi connectivity index (χ4v) is 1.95. The molecule has 6 nitrogen and oxygen atoms in total. The fraction of sp³-hybridized carbons (Fsp3) is 0.167. The van der Waals surface area contributed by atoms with Gasteiger partial charge in [-0.3, -0.25) is 9.59 Å². The number of amides is 1. The van der Waals surface area contributed by atoms with E-state index in [4.69, 9.17) is 4.74 Å². The second-order valence-corrected chi connectivity index (χ2v) is 5.04. The molecule has 0 aromatic heterocycles. The molecule has 2 aromatic rings. The van der Waals surface area contributed by atoms with Crippen LogP contribution < -0.4 is 5.32 Å². The van der Waals surface area contributed by atoms with Gasteiger partial charge in [0, 0.05) is 5.56 Å². The van der Waals surface area contributed by atoms with E-state index in [-0.39, 0.29) is 18.7 Å². The molecule has 2 rings (SSSR count). The number of nitrogens with one attached hydrogen (secondary N) is 1. The number of esters is 2. The van der Waals surface area contributed by atoms with E-state index in [1.165, 1.54) is 25.3 Å². The number of rotatable bonds is 6. The minimum absolute atomic E-state index is 0.00385. The number of halogens is 1. The highest BCUT2D eigenvalue weighted by Crippen LogP contribution is 2.07. The number of carbonyl (C=O) groups is 3. The monoisotopic (exact) mass is 345 g/mol. The number of methoxy groups -OCH3 is 1. The van der Waals surface area contributed by atoms with E-state index in [0.717, 1.165) is 6.07 Å². The van der Waals surface area contributed by atoms with Crippen molar-refractivity contribution < 1.29 is 28.2 Å². The molecule has 2 aromatic carbocycles. The van der Waals surface area contributed by atoms with Gasteiger partial charge in [-0.1, -0.05) is 18.2 Å². The Balaban J connectivity index is 1.79. The lowest BCUT2D eigenvalue weighted by Gasteiger charge is -2.07. The van der Waals surface area contributed by atoms with Crippen LogP contribution in [0.4, 0.5) is 4.39 Å². The maximum atomic E-state index is 13.0. The van der Waals surface area contributed by atoms with Crippen molar-refractivity contribution >= 4 is 17.8 Å². The predicted molar refractivity (Wildman–Crippen MR) is 86.3 cm³/mol. The number of ether oxygens (including phenoxy) is 2. The van der Waals surface area contributed by atoms with Crippen molar-refractivity contribution in [1.29, 1.82) is 0 Å². The maximum Gasteiger partial charge on any atom is 0.337 e. The van der Waals surface area contributed by atoms with Crippen molar-refractivity contribution in [2.45, 2.75) is 6.61 Å². The molecule has 0 heterocycles. The standard InChI is InChI=1S/C18H16FNO5/c1-24-18(23)13-7-5-12(6-8-13)11-25-16(21)10-20-17(22)14-3-2-4-15(19)9-14/h2-9H,10-11H2,1H3,(H,20,22). The smallest absolute Gasteiger partial charge is 0.337 e. The first kappa shape index (κ1) is 18.1. The first-order valence-corrected chi connectivity index (χ1v) is 7.36. The molecule has 25 heavy (non-hydrogen) atoms. The predicted octanol–water partition coefficient (Wildman–Crippen LogP) is 2.09. The van der Waals surface area contributed by atoms with E-state index in [2.05, 4.69) is 10.1 Å². The Labute approximate surface area is 143 Å². The topological polar surface area (TPSA) is 81.7 Å². The molecule has 1 amide bonds. The van der Waals surface area contributed by atoms with Gasteiger partial charge in [-0.05, 0) is 35.9 Å². The van der Waals surface area contributed by atoms with Crippen LogP contribution >= 0.6 is 0 Å². The molecule has 0 unspecified atom stereocenters. The van der Waals surface area contributed by atoms with Crippen molar-refractivity contribution in [1.82, 2.24) is 5.32 Å². The van der Waals surface area contributed by atoms with E-state index in [9.17, 15) is 18.8 Å². The van der Waals surface area contributed by atoms with Crippen LogP contribution in [0.5, 0.6) is 0 Å². The van der Waals surface area contributed by atoms with Gasteiger partial charge in [0.05, 0.1) is 12.7 Å². The van der Waals surface area contributed by atoms with Crippen LogP contribution in [-0.2, 0) is 20.9 Å². The Morgan fingerprint density at radius 3 is 2.40 bits per heavy atom. The molecule has 7 heteroatoms. The normalized spacial score (nSPS) is 10.0. The molecule has 0 saturated heterocycles.